The van der Waals surface area contributed by atoms with Gasteiger partial charge in [0.25, 0.3) is 11.8 Å². The Labute approximate surface area is 265 Å². The van der Waals surface area contributed by atoms with E-state index in [0.717, 1.165) is 30.9 Å². The first-order valence-corrected chi connectivity index (χ1v) is 15.5. The van der Waals surface area contributed by atoms with E-state index >= 15 is 0 Å². The van der Waals surface area contributed by atoms with E-state index in [9.17, 15) is 23.5 Å². The van der Waals surface area contributed by atoms with Crippen molar-refractivity contribution in [2.45, 2.75) is 65.1 Å². The Hall–Kier alpha value is -4.10. The predicted octanol–water partition coefficient (Wildman–Crippen LogP) is 4.59. The fourth-order valence-electron chi connectivity index (χ4n) is 5.13. The summed E-state index contributed by atoms with van der Waals surface area (Å²) in [6.45, 7) is 7.89. The van der Waals surface area contributed by atoms with E-state index in [1.165, 1.54) is 23.8 Å². The van der Waals surface area contributed by atoms with Crippen LogP contribution >= 0.6 is 0 Å². The monoisotopic (exact) mass is 618 g/mol. The standard InChI is InChI=1S/C36H44F2N4O3/c1-4-13-42(14-5-2)36(45)30-17-26(11-8-12-39)16-29(21-30)35(44)41-33(20-28-18-31(37)22-32(38)19-28)34(43)24-40-23-27-10-7-9-25(6-3)15-27/h7,9-10,15-19,21-22,33-34,40,43H,4-6,12-14,20,23-24,39H2,1-3H3,(H,41,44). The van der Waals surface area contributed by atoms with Crippen LogP contribution in [0.5, 0.6) is 0 Å². The number of aliphatic hydroxyl groups is 1. The molecule has 240 valence electrons. The second-order valence-corrected chi connectivity index (χ2v) is 11.0. The van der Waals surface area contributed by atoms with Crippen LogP contribution in [0.15, 0.2) is 60.7 Å². The van der Waals surface area contributed by atoms with Gasteiger partial charge in [-0.3, -0.25) is 9.59 Å². The molecule has 0 bridgehead atoms. The maximum absolute atomic E-state index is 14.0. The molecule has 3 rings (SSSR count). The summed E-state index contributed by atoms with van der Waals surface area (Å²) in [6.07, 6.45) is 1.32. The highest BCUT2D eigenvalue weighted by Crippen LogP contribution is 2.16. The highest BCUT2D eigenvalue weighted by atomic mass is 19.1. The third kappa shape index (κ3) is 11.1. The Kier molecular flexibility index (Phi) is 14.2. The highest BCUT2D eigenvalue weighted by molar-refractivity contribution is 6.00. The number of aliphatic hydroxyl groups excluding tert-OH is 1. The number of rotatable bonds is 15. The predicted molar refractivity (Wildman–Crippen MR) is 174 cm³/mol. The average molecular weight is 619 g/mol. The van der Waals surface area contributed by atoms with Gasteiger partial charge in [0.1, 0.15) is 11.6 Å². The Morgan fingerprint density at radius 2 is 1.58 bits per heavy atom. The van der Waals surface area contributed by atoms with Gasteiger partial charge in [-0.05, 0) is 72.7 Å². The first kappa shape index (κ1) is 35.4. The molecule has 2 amide bonds. The summed E-state index contributed by atoms with van der Waals surface area (Å²) in [6, 6.07) is 15.0. The maximum Gasteiger partial charge on any atom is 0.253 e. The van der Waals surface area contributed by atoms with Crippen LogP contribution in [0.25, 0.3) is 0 Å². The Balaban J connectivity index is 1.89. The molecule has 7 nitrogen and oxygen atoms in total. The van der Waals surface area contributed by atoms with Gasteiger partial charge in [0.2, 0.25) is 0 Å². The number of carbonyl (C=O) groups excluding carboxylic acids is 2. The molecule has 3 aromatic rings. The average Bonchev–Trinajstić information content (AvgIpc) is 3.02. The van der Waals surface area contributed by atoms with Crippen molar-refractivity contribution in [1.82, 2.24) is 15.5 Å². The summed E-state index contributed by atoms with van der Waals surface area (Å²) in [7, 11) is 0. The number of halogens is 2. The molecule has 45 heavy (non-hydrogen) atoms. The fourth-order valence-corrected chi connectivity index (χ4v) is 5.13. The summed E-state index contributed by atoms with van der Waals surface area (Å²) in [5.74, 6) is 3.39. The lowest BCUT2D eigenvalue weighted by molar-refractivity contribution is 0.0755. The number of nitrogens with one attached hydrogen (secondary N) is 2. The van der Waals surface area contributed by atoms with Gasteiger partial charge in [0.05, 0.1) is 18.7 Å². The van der Waals surface area contributed by atoms with Gasteiger partial charge in [-0.2, -0.15) is 0 Å². The number of hydrogen-bond acceptors (Lipinski definition) is 5. The van der Waals surface area contributed by atoms with Crippen molar-refractivity contribution in [1.29, 1.82) is 0 Å². The van der Waals surface area contributed by atoms with Crippen LogP contribution in [0.1, 0.15) is 76.6 Å². The van der Waals surface area contributed by atoms with Crippen LogP contribution in [-0.2, 0) is 19.4 Å². The minimum absolute atomic E-state index is 0.0339. The summed E-state index contributed by atoms with van der Waals surface area (Å²) in [4.78, 5) is 28.9. The van der Waals surface area contributed by atoms with Gasteiger partial charge in [-0.25, -0.2) is 8.78 Å². The zero-order valence-electron chi connectivity index (χ0n) is 26.3. The lowest BCUT2D eigenvalue weighted by Crippen LogP contribution is -2.48. The normalized spacial score (nSPS) is 12.2. The van der Waals surface area contributed by atoms with Gasteiger partial charge in [-0.1, -0.05) is 56.9 Å². The molecule has 0 aliphatic carbocycles. The van der Waals surface area contributed by atoms with Crippen molar-refractivity contribution in [3.63, 3.8) is 0 Å². The number of carbonyl (C=O) groups is 2. The number of hydrogen-bond donors (Lipinski definition) is 4. The molecule has 3 aromatic carbocycles. The molecule has 0 radical (unpaired) electrons. The molecule has 0 fully saturated rings. The lowest BCUT2D eigenvalue weighted by Gasteiger charge is -2.25. The molecule has 0 saturated carbocycles. The van der Waals surface area contributed by atoms with Crippen molar-refractivity contribution in [3.05, 3.63) is 106 Å². The fraction of sp³-hybridized carbons (Fsp3) is 0.389. The number of benzene rings is 3. The Morgan fingerprint density at radius 3 is 2.22 bits per heavy atom. The zero-order chi connectivity index (χ0) is 32.8. The van der Waals surface area contributed by atoms with E-state index in [4.69, 9.17) is 5.73 Å². The molecule has 2 unspecified atom stereocenters. The van der Waals surface area contributed by atoms with Gasteiger partial charge >= 0.3 is 0 Å². The van der Waals surface area contributed by atoms with Crippen molar-refractivity contribution in [2.75, 3.05) is 26.2 Å². The number of amides is 2. The van der Waals surface area contributed by atoms with E-state index in [2.05, 4.69) is 35.5 Å². The van der Waals surface area contributed by atoms with Crippen molar-refractivity contribution in [3.8, 4) is 11.8 Å². The topological polar surface area (TPSA) is 108 Å². The molecule has 0 saturated heterocycles. The minimum Gasteiger partial charge on any atom is -0.390 e. The van der Waals surface area contributed by atoms with Crippen molar-refractivity contribution in [2.24, 2.45) is 5.73 Å². The van der Waals surface area contributed by atoms with Crippen molar-refractivity contribution >= 4 is 11.8 Å². The first-order valence-electron chi connectivity index (χ1n) is 15.5. The summed E-state index contributed by atoms with van der Waals surface area (Å²) in [5, 5.41) is 17.3. The van der Waals surface area contributed by atoms with Crippen LogP contribution in [-0.4, -0.2) is 60.1 Å². The highest BCUT2D eigenvalue weighted by Gasteiger charge is 2.24. The number of nitrogens with two attached hydrogens (primary N) is 1. The molecule has 0 aliphatic heterocycles. The van der Waals surface area contributed by atoms with Gasteiger partial charge in [0.15, 0.2) is 0 Å². The summed E-state index contributed by atoms with van der Waals surface area (Å²) >= 11 is 0. The SMILES string of the molecule is CCCN(CCC)C(=O)c1cc(C#CCN)cc(C(=O)NC(Cc2cc(F)cc(F)c2)C(O)CNCc2cccc(CC)c2)c1. The second-order valence-electron chi connectivity index (χ2n) is 11.0. The van der Waals surface area contributed by atoms with Gasteiger partial charge < -0.3 is 26.4 Å². The molecular formula is C36H44F2N4O3. The molecular weight excluding hydrogens is 574 g/mol. The van der Waals surface area contributed by atoms with E-state index in [1.807, 2.05) is 32.0 Å². The van der Waals surface area contributed by atoms with E-state index in [0.29, 0.717) is 30.8 Å². The van der Waals surface area contributed by atoms with Crippen LogP contribution in [0.4, 0.5) is 8.78 Å². The number of nitrogens with zero attached hydrogens (tertiary/aromatic N) is 1. The molecule has 2 atom stereocenters. The van der Waals surface area contributed by atoms with Crippen LogP contribution in [0.2, 0.25) is 0 Å². The Bertz CT molecular complexity index is 1470. The molecule has 5 N–H and O–H groups in total. The summed E-state index contributed by atoms with van der Waals surface area (Å²) < 4.78 is 28.1. The van der Waals surface area contributed by atoms with Gasteiger partial charge in [0, 0.05) is 48.9 Å². The van der Waals surface area contributed by atoms with Gasteiger partial charge in [-0.15, -0.1) is 0 Å². The summed E-state index contributed by atoms with van der Waals surface area (Å²) in [5.41, 5.74) is 9.01. The molecule has 0 aromatic heterocycles. The molecule has 0 aliphatic rings. The Morgan fingerprint density at radius 1 is 0.911 bits per heavy atom. The third-order valence-corrected chi connectivity index (χ3v) is 7.29. The van der Waals surface area contributed by atoms with Crippen LogP contribution < -0.4 is 16.4 Å². The minimum atomic E-state index is -1.11. The van der Waals surface area contributed by atoms with E-state index in [-0.39, 0.29) is 36.5 Å². The van der Waals surface area contributed by atoms with E-state index < -0.39 is 29.7 Å². The third-order valence-electron chi connectivity index (χ3n) is 7.29. The van der Waals surface area contributed by atoms with Crippen molar-refractivity contribution < 1.29 is 23.5 Å². The van der Waals surface area contributed by atoms with E-state index in [1.54, 1.807) is 17.0 Å². The largest absolute Gasteiger partial charge is 0.390 e. The van der Waals surface area contributed by atoms with Crippen LogP contribution in [0.3, 0.4) is 0 Å². The quantitative estimate of drug-likeness (QED) is 0.187. The maximum atomic E-state index is 14.0. The zero-order valence-corrected chi connectivity index (χ0v) is 26.3. The van der Waals surface area contributed by atoms with Crippen LogP contribution in [0, 0.1) is 23.5 Å². The first-order chi connectivity index (χ1) is 21.7. The molecule has 9 heteroatoms. The number of aryl methyl sites for hydroxylation is 1. The lowest BCUT2D eigenvalue weighted by atomic mass is 9.99. The molecule has 0 spiro atoms. The second kappa shape index (κ2) is 18.0. The smallest absolute Gasteiger partial charge is 0.253 e. The molecule has 0 heterocycles.